The molecule has 152 valence electrons. The lowest BCUT2D eigenvalue weighted by Crippen LogP contribution is -2.42. The topological polar surface area (TPSA) is 49.4 Å². The van der Waals surface area contributed by atoms with Crippen molar-refractivity contribution < 1.29 is 18.4 Å². The second kappa shape index (κ2) is 7.93. The first kappa shape index (κ1) is 19.6. The van der Waals surface area contributed by atoms with Gasteiger partial charge < -0.3 is 10.2 Å². The summed E-state index contributed by atoms with van der Waals surface area (Å²) in [7, 11) is 0. The minimum absolute atomic E-state index is 0.0166. The Morgan fingerprint density at radius 1 is 1.00 bits per heavy atom. The molecule has 2 aromatic carbocycles. The van der Waals surface area contributed by atoms with E-state index in [-0.39, 0.29) is 35.4 Å². The minimum Gasteiger partial charge on any atom is -0.323 e. The highest BCUT2D eigenvalue weighted by molar-refractivity contribution is 5.98. The lowest BCUT2D eigenvalue weighted by molar-refractivity contribution is -0.126. The predicted molar refractivity (Wildman–Crippen MR) is 108 cm³/mol. The highest BCUT2D eigenvalue weighted by Gasteiger charge is 2.37. The van der Waals surface area contributed by atoms with Crippen LogP contribution < -0.4 is 10.2 Å². The van der Waals surface area contributed by atoms with Gasteiger partial charge in [-0.25, -0.2) is 8.78 Å². The summed E-state index contributed by atoms with van der Waals surface area (Å²) in [5.41, 5.74) is 2.18. The number of hydrogen-bond donors (Lipinski definition) is 1. The Bertz CT molecular complexity index is 938. The Hall–Kier alpha value is -2.76. The van der Waals surface area contributed by atoms with E-state index >= 15 is 0 Å². The zero-order valence-corrected chi connectivity index (χ0v) is 16.3. The van der Waals surface area contributed by atoms with Crippen LogP contribution in [0.3, 0.4) is 0 Å². The summed E-state index contributed by atoms with van der Waals surface area (Å²) in [6.07, 6.45) is 3.29. The molecule has 0 aromatic heterocycles. The van der Waals surface area contributed by atoms with Gasteiger partial charge >= 0.3 is 0 Å². The molecule has 0 spiro atoms. The van der Waals surface area contributed by atoms with E-state index in [1.54, 1.807) is 0 Å². The SMILES string of the molecule is CC1Cc2ccccc2N1C(=O)C1CCC(C(=O)Nc2ccc(F)cc2F)CC1. The highest BCUT2D eigenvalue weighted by atomic mass is 19.1. The molecule has 1 saturated carbocycles. The van der Waals surface area contributed by atoms with E-state index in [4.69, 9.17) is 0 Å². The minimum atomic E-state index is -0.788. The zero-order chi connectivity index (χ0) is 20.5. The van der Waals surface area contributed by atoms with Crippen molar-refractivity contribution in [1.29, 1.82) is 0 Å². The first-order valence-corrected chi connectivity index (χ1v) is 10.1. The van der Waals surface area contributed by atoms with Crippen LogP contribution in [0.4, 0.5) is 20.2 Å². The Balaban J connectivity index is 1.37. The number of anilines is 2. The molecule has 4 rings (SSSR count). The maximum atomic E-state index is 13.8. The number of hydrogen-bond acceptors (Lipinski definition) is 2. The number of para-hydroxylation sites is 1. The third-order valence-corrected chi connectivity index (χ3v) is 6.08. The van der Waals surface area contributed by atoms with Crippen LogP contribution in [0.2, 0.25) is 0 Å². The number of halogens is 2. The standard InChI is InChI=1S/C23H24F2N2O2/c1-14-12-17-4-2-3-5-21(17)27(14)23(29)16-8-6-15(7-9-16)22(28)26-20-11-10-18(24)13-19(20)25/h2-5,10-11,13-16H,6-9,12H2,1H3,(H,26,28). The summed E-state index contributed by atoms with van der Waals surface area (Å²) >= 11 is 0. The maximum Gasteiger partial charge on any atom is 0.230 e. The monoisotopic (exact) mass is 398 g/mol. The molecule has 2 amide bonds. The Morgan fingerprint density at radius 2 is 1.69 bits per heavy atom. The highest BCUT2D eigenvalue weighted by Crippen LogP contribution is 2.37. The van der Waals surface area contributed by atoms with E-state index in [2.05, 4.69) is 18.3 Å². The number of carbonyl (C=O) groups excluding carboxylic acids is 2. The molecule has 1 N–H and O–H groups in total. The summed E-state index contributed by atoms with van der Waals surface area (Å²) in [6, 6.07) is 11.2. The van der Waals surface area contributed by atoms with Crippen molar-refractivity contribution >= 4 is 23.2 Å². The van der Waals surface area contributed by atoms with Gasteiger partial charge in [0.25, 0.3) is 0 Å². The average molecular weight is 398 g/mol. The van der Waals surface area contributed by atoms with Gasteiger partial charge in [0.1, 0.15) is 11.6 Å². The number of carbonyl (C=O) groups is 2. The lowest BCUT2D eigenvalue weighted by atomic mass is 9.80. The number of fused-ring (bicyclic) bond motifs is 1. The maximum absolute atomic E-state index is 13.8. The van der Waals surface area contributed by atoms with E-state index < -0.39 is 11.6 Å². The van der Waals surface area contributed by atoms with E-state index in [1.807, 2.05) is 23.1 Å². The van der Waals surface area contributed by atoms with E-state index in [0.29, 0.717) is 25.7 Å². The first-order valence-electron chi connectivity index (χ1n) is 10.1. The zero-order valence-electron chi connectivity index (χ0n) is 16.3. The number of nitrogens with zero attached hydrogens (tertiary/aromatic N) is 1. The average Bonchev–Trinajstić information content (AvgIpc) is 3.05. The molecular formula is C23H24F2N2O2. The van der Waals surface area contributed by atoms with Crippen LogP contribution in [0.5, 0.6) is 0 Å². The van der Waals surface area contributed by atoms with Crippen molar-refractivity contribution in [1.82, 2.24) is 0 Å². The third kappa shape index (κ3) is 3.88. The van der Waals surface area contributed by atoms with Crippen LogP contribution >= 0.6 is 0 Å². The molecule has 2 aromatic rings. The van der Waals surface area contributed by atoms with Gasteiger partial charge in [0.15, 0.2) is 0 Å². The summed E-state index contributed by atoms with van der Waals surface area (Å²) in [5.74, 6) is -1.99. The van der Waals surface area contributed by atoms with E-state index in [1.165, 1.54) is 11.6 Å². The number of nitrogens with one attached hydrogen (secondary N) is 1. The molecule has 1 heterocycles. The molecule has 29 heavy (non-hydrogen) atoms. The van der Waals surface area contributed by atoms with Gasteiger partial charge in [-0.1, -0.05) is 18.2 Å². The molecule has 1 fully saturated rings. The molecule has 0 radical (unpaired) electrons. The van der Waals surface area contributed by atoms with Crippen LogP contribution in [0.15, 0.2) is 42.5 Å². The number of rotatable bonds is 3. The molecule has 1 aliphatic heterocycles. The van der Waals surface area contributed by atoms with Crippen LogP contribution in [0, 0.1) is 23.5 Å². The number of amides is 2. The van der Waals surface area contributed by atoms with Crippen molar-refractivity contribution in [3.8, 4) is 0 Å². The second-order valence-electron chi connectivity index (χ2n) is 8.05. The normalized spacial score (nSPS) is 23.6. The van der Waals surface area contributed by atoms with Crippen molar-refractivity contribution in [3.63, 3.8) is 0 Å². The Kier molecular flexibility index (Phi) is 5.35. The molecular weight excluding hydrogens is 374 g/mol. The molecule has 1 unspecified atom stereocenters. The van der Waals surface area contributed by atoms with Gasteiger partial charge in [-0.2, -0.15) is 0 Å². The molecule has 0 bridgehead atoms. The van der Waals surface area contributed by atoms with Crippen LogP contribution in [-0.2, 0) is 16.0 Å². The smallest absolute Gasteiger partial charge is 0.230 e. The summed E-state index contributed by atoms with van der Waals surface area (Å²) in [4.78, 5) is 27.6. The van der Waals surface area contributed by atoms with E-state index in [0.717, 1.165) is 24.2 Å². The summed E-state index contributed by atoms with van der Waals surface area (Å²) in [6.45, 7) is 2.06. The fraction of sp³-hybridized carbons (Fsp3) is 0.391. The van der Waals surface area contributed by atoms with Crippen molar-refractivity contribution in [2.75, 3.05) is 10.2 Å². The summed E-state index contributed by atoms with van der Waals surface area (Å²) in [5, 5.41) is 2.55. The molecule has 1 atom stereocenters. The lowest BCUT2D eigenvalue weighted by Gasteiger charge is -2.32. The summed E-state index contributed by atoms with van der Waals surface area (Å²) < 4.78 is 26.8. The number of benzene rings is 2. The van der Waals surface area contributed by atoms with Gasteiger partial charge in [-0.3, -0.25) is 9.59 Å². The largest absolute Gasteiger partial charge is 0.323 e. The van der Waals surface area contributed by atoms with Gasteiger partial charge in [0.2, 0.25) is 11.8 Å². The predicted octanol–water partition coefficient (Wildman–Crippen LogP) is 4.69. The first-order chi connectivity index (χ1) is 13.9. The molecule has 1 aliphatic carbocycles. The second-order valence-corrected chi connectivity index (χ2v) is 8.05. The third-order valence-electron chi connectivity index (χ3n) is 6.08. The van der Waals surface area contributed by atoms with Gasteiger partial charge in [0.05, 0.1) is 5.69 Å². The Labute approximate surface area is 168 Å². The van der Waals surface area contributed by atoms with Crippen LogP contribution in [0.25, 0.3) is 0 Å². The van der Waals surface area contributed by atoms with Gasteiger partial charge in [0, 0.05) is 29.6 Å². The molecule has 0 saturated heterocycles. The van der Waals surface area contributed by atoms with Crippen molar-refractivity contribution in [2.45, 2.75) is 45.1 Å². The van der Waals surface area contributed by atoms with Crippen LogP contribution in [0.1, 0.15) is 38.2 Å². The molecule has 4 nitrogen and oxygen atoms in total. The Morgan fingerprint density at radius 3 is 2.41 bits per heavy atom. The van der Waals surface area contributed by atoms with Crippen molar-refractivity contribution in [2.24, 2.45) is 11.8 Å². The fourth-order valence-corrected chi connectivity index (χ4v) is 4.53. The van der Waals surface area contributed by atoms with E-state index in [9.17, 15) is 18.4 Å². The fourth-order valence-electron chi connectivity index (χ4n) is 4.53. The van der Waals surface area contributed by atoms with Crippen LogP contribution in [-0.4, -0.2) is 17.9 Å². The molecule has 6 heteroatoms. The quantitative estimate of drug-likeness (QED) is 0.816. The van der Waals surface area contributed by atoms with Gasteiger partial charge in [-0.15, -0.1) is 0 Å². The molecule has 2 aliphatic rings. The van der Waals surface area contributed by atoms with Crippen molar-refractivity contribution in [3.05, 3.63) is 59.7 Å². The van der Waals surface area contributed by atoms with Gasteiger partial charge in [-0.05, 0) is 62.8 Å².